The minimum absolute atomic E-state index is 0.176. The Labute approximate surface area is 101 Å². The molecule has 0 saturated carbocycles. The molecule has 6 heteroatoms. The summed E-state index contributed by atoms with van der Waals surface area (Å²) in [5, 5.41) is 2.03. The molecule has 4 nitrogen and oxygen atoms in total. The Morgan fingerprint density at radius 3 is 3.06 bits per heavy atom. The van der Waals surface area contributed by atoms with Gasteiger partial charge in [-0.3, -0.25) is 4.79 Å². The Bertz CT molecular complexity index is 588. The Balaban J connectivity index is 2.43. The van der Waals surface area contributed by atoms with Crippen LogP contribution in [0.15, 0.2) is 34.9 Å². The molecular weight excluding hydrogens is 246 g/mol. The van der Waals surface area contributed by atoms with Crippen molar-refractivity contribution in [3.63, 3.8) is 0 Å². The second-order valence-corrected chi connectivity index (χ2v) is 4.29. The predicted molar refractivity (Wildman–Crippen MR) is 62.4 cm³/mol. The summed E-state index contributed by atoms with van der Waals surface area (Å²) in [6.07, 6.45) is 3.37. The van der Waals surface area contributed by atoms with Crippen LogP contribution in [0.1, 0.15) is 10.4 Å². The smallest absolute Gasteiger partial charge is 0.282 e. The standard InChI is InChI=1S/C10H8ClN3OS/c1-14-5-6-16-10(14)13-9(15)7-3-2-4-12-8(7)11/h2-6H,1H3. The molecular formula is C10H8ClN3OS. The van der Waals surface area contributed by atoms with E-state index in [0.717, 1.165) is 0 Å². The fourth-order valence-corrected chi connectivity index (χ4v) is 2.06. The maximum Gasteiger partial charge on any atom is 0.282 e. The minimum Gasteiger partial charge on any atom is -0.327 e. The molecule has 1 amide bonds. The highest BCUT2D eigenvalue weighted by Crippen LogP contribution is 2.12. The van der Waals surface area contributed by atoms with E-state index < -0.39 is 0 Å². The van der Waals surface area contributed by atoms with Gasteiger partial charge in [0.05, 0.1) is 5.56 Å². The number of carbonyl (C=O) groups is 1. The summed E-state index contributed by atoms with van der Waals surface area (Å²) in [6, 6.07) is 3.26. The van der Waals surface area contributed by atoms with E-state index in [1.807, 2.05) is 18.6 Å². The van der Waals surface area contributed by atoms with Gasteiger partial charge in [-0.05, 0) is 12.1 Å². The highest BCUT2D eigenvalue weighted by molar-refractivity contribution is 7.07. The maximum absolute atomic E-state index is 11.8. The average Bonchev–Trinajstić information content (AvgIpc) is 2.65. The van der Waals surface area contributed by atoms with E-state index in [1.54, 1.807) is 16.7 Å². The van der Waals surface area contributed by atoms with Gasteiger partial charge in [0, 0.05) is 24.8 Å². The molecule has 2 heterocycles. The molecule has 16 heavy (non-hydrogen) atoms. The molecule has 0 unspecified atom stereocenters. The van der Waals surface area contributed by atoms with Crippen molar-refractivity contribution in [3.05, 3.63) is 45.4 Å². The monoisotopic (exact) mass is 253 g/mol. The van der Waals surface area contributed by atoms with E-state index in [1.165, 1.54) is 17.5 Å². The highest BCUT2D eigenvalue weighted by Gasteiger charge is 2.09. The third-order valence-electron chi connectivity index (χ3n) is 1.95. The zero-order chi connectivity index (χ0) is 11.5. The molecule has 82 valence electrons. The van der Waals surface area contributed by atoms with E-state index >= 15 is 0 Å². The summed E-state index contributed by atoms with van der Waals surface area (Å²) in [5.74, 6) is -0.379. The van der Waals surface area contributed by atoms with Gasteiger partial charge in [-0.15, -0.1) is 11.3 Å². The van der Waals surface area contributed by atoms with Crippen molar-refractivity contribution >= 4 is 28.8 Å². The zero-order valence-corrected chi connectivity index (χ0v) is 10.00. The number of aromatic nitrogens is 2. The number of amides is 1. The lowest BCUT2D eigenvalue weighted by Crippen LogP contribution is -2.12. The van der Waals surface area contributed by atoms with Crippen LogP contribution in [-0.4, -0.2) is 15.5 Å². The van der Waals surface area contributed by atoms with E-state index in [2.05, 4.69) is 9.98 Å². The molecule has 2 rings (SSSR count). The van der Waals surface area contributed by atoms with Crippen LogP contribution in [-0.2, 0) is 7.05 Å². The summed E-state index contributed by atoms with van der Waals surface area (Å²) < 4.78 is 1.77. The van der Waals surface area contributed by atoms with Gasteiger partial charge in [-0.2, -0.15) is 4.99 Å². The maximum atomic E-state index is 11.8. The van der Waals surface area contributed by atoms with Crippen molar-refractivity contribution in [1.29, 1.82) is 0 Å². The molecule has 0 bridgehead atoms. The number of thiazole rings is 1. The topological polar surface area (TPSA) is 47.2 Å². The van der Waals surface area contributed by atoms with Crippen molar-refractivity contribution in [3.8, 4) is 0 Å². The molecule has 0 fully saturated rings. The van der Waals surface area contributed by atoms with Gasteiger partial charge < -0.3 is 4.57 Å². The second-order valence-electron chi connectivity index (χ2n) is 3.06. The molecule has 0 atom stereocenters. The Morgan fingerprint density at radius 1 is 1.62 bits per heavy atom. The van der Waals surface area contributed by atoms with Crippen molar-refractivity contribution in [1.82, 2.24) is 9.55 Å². The molecule has 0 N–H and O–H groups in total. The highest BCUT2D eigenvalue weighted by atomic mass is 35.5. The largest absolute Gasteiger partial charge is 0.327 e. The first-order chi connectivity index (χ1) is 7.68. The van der Waals surface area contributed by atoms with Crippen molar-refractivity contribution < 1.29 is 4.79 Å². The van der Waals surface area contributed by atoms with Crippen LogP contribution in [0.5, 0.6) is 0 Å². The van der Waals surface area contributed by atoms with Gasteiger partial charge in [0.15, 0.2) is 4.80 Å². The number of aryl methyl sites for hydroxylation is 1. The Morgan fingerprint density at radius 2 is 2.44 bits per heavy atom. The van der Waals surface area contributed by atoms with Crippen molar-refractivity contribution in [2.45, 2.75) is 0 Å². The van der Waals surface area contributed by atoms with E-state index in [-0.39, 0.29) is 11.1 Å². The molecule has 0 aliphatic heterocycles. The fraction of sp³-hybridized carbons (Fsp3) is 0.100. The third-order valence-corrected chi connectivity index (χ3v) is 3.10. The van der Waals surface area contributed by atoms with Crippen molar-refractivity contribution in [2.75, 3.05) is 0 Å². The number of hydrogen-bond donors (Lipinski definition) is 0. The molecule has 0 aliphatic carbocycles. The van der Waals surface area contributed by atoms with E-state index in [9.17, 15) is 4.79 Å². The number of pyridine rings is 1. The lowest BCUT2D eigenvalue weighted by molar-refractivity contribution is 0.0997. The molecule has 2 aromatic heterocycles. The van der Waals surface area contributed by atoms with E-state index in [4.69, 9.17) is 11.6 Å². The molecule has 0 aliphatic rings. The fourth-order valence-electron chi connectivity index (χ4n) is 1.13. The SMILES string of the molecule is Cn1ccsc1=NC(=O)c1cccnc1Cl. The first kappa shape index (κ1) is 11.0. The average molecular weight is 254 g/mol. The second kappa shape index (κ2) is 4.59. The summed E-state index contributed by atoms with van der Waals surface area (Å²) in [7, 11) is 1.83. The summed E-state index contributed by atoms with van der Waals surface area (Å²) in [6.45, 7) is 0. The number of rotatable bonds is 1. The first-order valence-electron chi connectivity index (χ1n) is 4.48. The van der Waals surface area contributed by atoms with Gasteiger partial charge in [0.2, 0.25) is 0 Å². The number of halogens is 1. The number of carbonyl (C=O) groups excluding carboxylic acids is 1. The third kappa shape index (κ3) is 2.20. The van der Waals surface area contributed by atoms with Crippen LogP contribution in [0.25, 0.3) is 0 Å². The summed E-state index contributed by atoms with van der Waals surface area (Å²) >= 11 is 7.19. The van der Waals surface area contributed by atoms with Gasteiger partial charge in [-0.25, -0.2) is 4.98 Å². The molecule has 0 radical (unpaired) electrons. The lowest BCUT2D eigenvalue weighted by Gasteiger charge is -1.96. The number of hydrogen-bond acceptors (Lipinski definition) is 3. The van der Waals surface area contributed by atoms with Gasteiger partial charge in [0.1, 0.15) is 5.15 Å². The van der Waals surface area contributed by atoms with Crippen LogP contribution in [0, 0.1) is 0 Å². The van der Waals surface area contributed by atoms with Gasteiger partial charge >= 0.3 is 0 Å². The number of nitrogens with zero attached hydrogens (tertiary/aromatic N) is 3. The van der Waals surface area contributed by atoms with Crippen LogP contribution in [0.2, 0.25) is 5.15 Å². The molecule has 2 aromatic rings. The van der Waals surface area contributed by atoms with Gasteiger partial charge in [0.25, 0.3) is 5.91 Å². The van der Waals surface area contributed by atoms with Crippen LogP contribution in [0.3, 0.4) is 0 Å². The minimum atomic E-state index is -0.379. The zero-order valence-electron chi connectivity index (χ0n) is 8.42. The Kier molecular flexibility index (Phi) is 3.17. The molecule has 0 spiro atoms. The lowest BCUT2D eigenvalue weighted by atomic mass is 10.3. The predicted octanol–water partition coefficient (Wildman–Crippen LogP) is 1.88. The van der Waals surface area contributed by atoms with E-state index in [0.29, 0.717) is 10.4 Å². The molecule has 0 saturated heterocycles. The summed E-state index contributed by atoms with van der Waals surface area (Å²) in [4.78, 5) is 20.2. The Hall–Kier alpha value is -1.46. The van der Waals surface area contributed by atoms with Gasteiger partial charge in [-0.1, -0.05) is 11.6 Å². The first-order valence-corrected chi connectivity index (χ1v) is 5.74. The normalized spacial score (nSPS) is 11.8. The quantitative estimate of drug-likeness (QED) is 0.729. The van der Waals surface area contributed by atoms with Crippen LogP contribution in [0.4, 0.5) is 0 Å². The van der Waals surface area contributed by atoms with Crippen LogP contribution >= 0.6 is 22.9 Å². The summed E-state index contributed by atoms with van der Waals surface area (Å²) in [5.41, 5.74) is 0.317. The molecule has 0 aromatic carbocycles. The van der Waals surface area contributed by atoms with Crippen molar-refractivity contribution in [2.24, 2.45) is 12.0 Å². The van der Waals surface area contributed by atoms with Crippen LogP contribution < -0.4 is 4.80 Å².